The van der Waals surface area contributed by atoms with Crippen molar-refractivity contribution in [2.75, 3.05) is 5.32 Å². The minimum absolute atomic E-state index is 0.157. The lowest BCUT2D eigenvalue weighted by Crippen LogP contribution is -2.08. The predicted octanol–water partition coefficient (Wildman–Crippen LogP) is 2.00. The Morgan fingerprint density at radius 2 is 2.19 bits per heavy atom. The van der Waals surface area contributed by atoms with Crippen LogP contribution in [0.1, 0.15) is 21.9 Å². The van der Waals surface area contributed by atoms with Crippen molar-refractivity contribution in [2.45, 2.75) is 13.5 Å². The first-order chi connectivity index (χ1) is 9.97. The fourth-order valence-corrected chi connectivity index (χ4v) is 1.77. The van der Waals surface area contributed by atoms with Gasteiger partial charge in [-0.1, -0.05) is 0 Å². The highest BCUT2D eigenvalue weighted by Gasteiger charge is 2.15. The molecule has 0 bridgehead atoms. The molecule has 0 saturated heterocycles. The molecule has 1 aromatic carbocycles. The Bertz CT molecular complexity index is 702. The normalized spacial score (nSPS) is 10.1. The summed E-state index contributed by atoms with van der Waals surface area (Å²) in [6.45, 7) is 2.04. The van der Waals surface area contributed by atoms with Crippen molar-refractivity contribution in [2.24, 2.45) is 0 Å². The highest BCUT2D eigenvalue weighted by molar-refractivity contribution is 5.95. The van der Waals surface area contributed by atoms with Crippen molar-refractivity contribution in [3.63, 3.8) is 0 Å². The fraction of sp³-hybridized carbons (Fsp3) is 0.154. The topological polar surface area (TPSA) is 118 Å². The molecule has 0 atom stereocenters. The number of nitro groups is 1. The zero-order chi connectivity index (χ0) is 15.4. The molecule has 21 heavy (non-hydrogen) atoms. The molecular formula is C13H12N4O4. The van der Waals surface area contributed by atoms with Gasteiger partial charge in [0.25, 0.3) is 5.69 Å². The largest absolute Gasteiger partial charge is 0.478 e. The lowest BCUT2D eigenvalue weighted by Gasteiger charge is -2.09. The molecule has 0 spiro atoms. The predicted molar refractivity (Wildman–Crippen MR) is 74.2 cm³/mol. The van der Waals surface area contributed by atoms with Gasteiger partial charge in [0.1, 0.15) is 5.82 Å². The van der Waals surface area contributed by atoms with Crippen molar-refractivity contribution in [1.29, 1.82) is 0 Å². The maximum Gasteiger partial charge on any atom is 0.338 e. The lowest BCUT2D eigenvalue weighted by molar-refractivity contribution is -0.384. The summed E-state index contributed by atoms with van der Waals surface area (Å²) in [6, 6.07) is 5.34. The van der Waals surface area contributed by atoms with Crippen LogP contribution in [0.4, 0.5) is 11.4 Å². The summed E-state index contributed by atoms with van der Waals surface area (Å²) in [6.07, 6.45) is 1.60. The van der Waals surface area contributed by atoms with Crippen LogP contribution in [0.3, 0.4) is 0 Å². The summed E-state index contributed by atoms with van der Waals surface area (Å²) in [5.41, 5.74) is 0.562. The van der Waals surface area contributed by atoms with Gasteiger partial charge >= 0.3 is 5.97 Å². The van der Waals surface area contributed by atoms with E-state index in [1.54, 1.807) is 19.2 Å². The minimum Gasteiger partial charge on any atom is -0.478 e. The summed E-state index contributed by atoms with van der Waals surface area (Å²) < 4.78 is 0. The molecule has 0 saturated carbocycles. The number of rotatable bonds is 5. The van der Waals surface area contributed by atoms with Crippen molar-refractivity contribution >= 4 is 17.3 Å². The Balaban J connectivity index is 2.23. The molecule has 0 amide bonds. The first-order valence-electron chi connectivity index (χ1n) is 6.01. The summed E-state index contributed by atoms with van der Waals surface area (Å²) in [7, 11) is 0. The van der Waals surface area contributed by atoms with Crippen LogP contribution >= 0.6 is 0 Å². The van der Waals surface area contributed by atoms with Crippen LogP contribution < -0.4 is 5.32 Å². The smallest absolute Gasteiger partial charge is 0.338 e. The van der Waals surface area contributed by atoms with E-state index in [0.29, 0.717) is 23.8 Å². The first kappa shape index (κ1) is 14.4. The molecule has 0 radical (unpaired) electrons. The quantitative estimate of drug-likeness (QED) is 0.638. The summed E-state index contributed by atoms with van der Waals surface area (Å²) in [5, 5.41) is 22.7. The average Bonchev–Trinajstić information content (AvgIpc) is 2.44. The van der Waals surface area contributed by atoms with Gasteiger partial charge in [0.15, 0.2) is 0 Å². The number of nitrogens with one attached hydrogen (secondary N) is 1. The van der Waals surface area contributed by atoms with Gasteiger partial charge in [-0.3, -0.25) is 10.1 Å². The molecule has 0 unspecified atom stereocenters. The monoisotopic (exact) mass is 288 g/mol. The minimum atomic E-state index is -1.24. The second kappa shape index (κ2) is 5.95. The number of aromatic carboxylic acids is 1. The first-order valence-corrected chi connectivity index (χ1v) is 6.01. The number of anilines is 1. The van der Waals surface area contributed by atoms with Gasteiger partial charge in [0.05, 0.1) is 22.7 Å². The van der Waals surface area contributed by atoms with Gasteiger partial charge in [0, 0.05) is 24.0 Å². The Kier molecular flexibility index (Phi) is 4.07. The number of nitro benzene ring substituents is 1. The number of hydrogen-bond donors (Lipinski definition) is 2. The van der Waals surface area contributed by atoms with Gasteiger partial charge in [-0.25, -0.2) is 14.8 Å². The van der Waals surface area contributed by atoms with Crippen molar-refractivity contribution < 1.29 is 14.8 Å². The fourth-order valence-electron chi connectivity index (χ4n) is 1.77. The average molecular weight is 288 g/mol. The van der Waals surface area contributed by atoms with Gasteiger partial charge < -0.3 is 10.4 Å². The third-order valence-electron chi connectivity index (χ3n) is 2.74. The molecule has 2 N–H and O–H groups in total. The highest BCUT2D eigenvalue weighted by Crippen LogP contribution is 2.22. The molecule has 0 fully saturated rings. The lowest BCUT2D eigenvalue weighted by atomic mass is 10.1. The Morgan fingerprint density at radius 3 is 2.81 bits per heavy atom. The number of nitrogens with zero attached hydrogens (tertiary/aromatic N) is 3. The van der Waals surface area contributed by atoms with Gasteiger partial charge in [-0.15, -0.1) is 0 Å². The Labute approximate surface area is 119 Å². The molecule has 0 aliphatic rings. The summed E-state index contributed by atoms with van der Waals surface area (Å²) in [4.78, 5) is 29.4. The van der Waals surface area contributed by atoms with E-state index in [4.69, 9.17) is 5.11 Å². The zero-order valence-corrected chi connectivity index (χ0v) is 11.1. The van der Waals surface area contributed by atoms with E-state index in [1.165, 1.54) is 12.1 Å². The molecule has 2 aromatic rings. The van der Waals surface area contributed by atoms with E-state index in [1.807, 2.05) is 0 Å². The van der Waals surface area contributed by atoms with Crippen LogP contribution in [0.2, 0.25) is 0 Å². The maximum atomic E-state index is 11.2. The molecule has 1 heterocycles. The third kappa shape index (κ3) is 3.50. The number of benzene rings is 1. The summed E-state index contributed by atoms with van der Waals surface area (Å²) in [5.74, 6) is -0.628. The van der Waals surface area contributed by atoms with Gasteiger partial charge in [-0.05, 0) is 19.1 Å². The molecular weight excluding hydrogens is 276 g/mol. The molecule has 1 aromatic heterocycles. The second-order valence-corrected chi connectivity index (χ2v) is 4.24. The Hall–Kier alpha value is -3.03. The van der Waals surface area contributed by atoms with Crippen molar-refractivity contribution in [3.8, 4) is 0 Å². The van der Waals surface area contributed by atoms with E-state index in [9.17, 15) is 14.9 Å². The van der Waals surface area contributed by atoms with E-state index in [-0.39, 0.29) is 11.3 Å². The van der Waals surface area contributed by atoms with E-state index in [0.717, 1.165) is 6.07 Å². The molecule has 2 rings (SSSR count). The van der Waals surface area contributed by atoms with Crippen molar-refractivity contribution in [3.05, 3.63) is 57.7 Å². The molecule has 8 heteroatoms. The summed E-state index contributed by atoms with van der Waals surface area (Å²) >= 11 is 0. The van der Waals surface area contributed by atoms with Gasteiger partial charge in [0.2, 0.25) is 0 Å². The zero-order valence-electron chi connectivity index (χ0n) is 11.1. The van der Waals surface area contributed by atoms with Crippen LogP contribution in [0.25, 0.3) is 0 Å². The van der Waals surface area contributed by atoms with E-state index >= 15 is 0 Å². The number of carboxylic acids is 1. The van der Waals surface area contributed by atoms with Crippen LogP contribution in [-0.4, -0.2) is 26.0 Å². The van der Waals surface area contributed by atoms with Crippen LogP contribution in [0, 0.1) is 17.0 Å². The number of aryl methyl sites for hydroxylation is 1. The molecule has 0 aliphatic carbocycles. The molecule has 108 valence electrons. The Morgan fingerprint density at radius 1 is 1.43 bits per heavy atom. The highest BCUT2D eigenvalue weighted by atomic mass is 16.6. The van der Waals surface area contributed by atoms with E-state index < -0.39 is 10.9 Å². The molecule has 0 aliphatic heterocycles. The van der Waals surface area contributed by atoms with Crippen LogP contribution in [0.15, 0.2) is 30.5 Å². The molecule has 8 nitrogen and oxygen atoms in total. The standard InChI is InChI=1S/C13H12N4O4/c1-8-14-5-4-9(16-8)7-15-12-3-2-10(17(20)21)6-11(12)13(18)19/h2-6,15H,7H2,1H3,(H,18,19). The third-order valence-corrected chi connectivity index (χ3v) is 2.74. The number of carboxylic acid groups (broad SMARTS) is 1. The van der Waals surface area contributed by atoms with Gasteiger partial charge in [-0.2, -0.15) is 0 Å². The van der Waals surface area contributed by atoms with Crippen LogP contribution in [0.5, 0.6) is 0 Å². The number of hydrogen-bond acceptors (Lipinski definition) is 6. The maximum absolute atomic E-state index is 11.2. The number of non-ortho nitro benzene ring substituents is 1. The number of carbonyl (C=O) groups is 1. The van der Waals surface area contributed by atoms with E-state index in [2.05, 4.69) is 15.3 Å². The van der Waals surface area contributed by atoms with Crippen molar-refractivity contribution in [1.82, 2.24) is 9.97 Å². The SMILES string of the molecule is Cc1nccc(CNc2ccc([N+](=O)[O-])cc2C(=O)O)n1. The number of aromatic nitrogens is 2. The van der Waals surface area contributed by atoms with Crippen LogP contribution in [-0.2, 0) is 6.54 Å². The second-order valence-electron chi connectivity index (χ2n) is 4.24.